The summed E-state index contributed by atoms with van der Waals surface area (Å²) in [5, 5.41) is 5.60. The molecule has 0 saturated carbocycles. The second-order valence-electron chi connectivity index (χ2n) is 4.92. The number of unbranched alkanes of at least 4 members (excludes halogenated alkanes) is 6. The Hall–Kier alpha value is 0.140. The molecular formula is C15H26BrNS. The molecule has 1 aromatic heterocycles. The molecule has 1 rings (SSSR count). The minimum atomic E-state index is 0.539. The van der Waals surface area contributed by atoms with Crippen LogP contribution in [0, 0.1) is 0 Å². The summed E-state index contributed by atoms with van der Waals surface area (Å²) in [6, 6.07) is 2.78. The summed E-state index contributed by atoms with van der Waals surface area (Å²) < 4.78 is 1.21. The lowest BCUT2D eigenvalue weighted by Crippen LogP contribution is -2.14. The van der Waals surface area contributed by atoms with Gasteiger partial charge in [-0.15, -0.1) is 11.3 Å². The van der Waals surface area contributed by atoms with Gasteiger partial charge >= 0.3 is 0 Å². The third-order valence-corrected chi connectivity index (χ3v) is 5.18. The second-order valence-corrected chi connectivity index (χ2v) is 6.78. The van der Waals surface area contributed by atoms with Crippen LogP contribution in [-0.4, -0.2) is 7.05 Å². The van der Waals surface area contributed by atoms with Crippen molar-refractivity contribution < 1.29 is 0 Å². The Bertz CT molecular complexity index is 311. The molecular weight excluding hydrogens is 306 g/mol. The average molecular weight is 332 g/mol. The first-order chi connectivity index (χ1) is 8.77. The van der Waals surface area contributed by atoms with Crippen molar-refractivity contribution in [1.82, 2.24) is 5.32 Å². The molecule has 0 amide bonds. The molecule has 1 nitrogen and oxygen atoms in total. The molecule has 104 valence electrons. The normalized spacial score (nSPS) is 12.8. The van der Waals surface area contributed by atoms with Crippen LogP contribution >= 0.6 is 27.3 Å². The molecule has 0 radical (unpaired) electrons. The number of thiophene rings is 1. The van der Waals surface area contributed by atoms with Gasteiger partial charge in [0.15, 0.2) is 0 Å². The summed E-state index contributed by atoms with van der Waals surface area (Å²) >= 11 is 5.38. The van der Waals surface area contributed by atoms with Gasteiger partial charge in [0.05, 0.1) is 0 Å². The van der Waals surface area contributed by atoms with Gasteiger partial charge in [-0.3, -0.25) is 0 Å². The van der Waals surface area contributed by atoms with Gasteiger partial charge in [-0.1, -0.05) is 51.9 Å². The Labute approximate surface area is 125 Å². The van der Waals surface area contributed by atoms with Crippen molar-refractivity contribution >= 4 is 27.3 Å². The molecule has 1 heterocycles. The summed E-state index contributed by atoms with van der Waals surface area (Å²) in [6.45, 7) is 2.27. The fourth-order valence-electron chi connectivity index (χ4n) is 2.25. The standard InChI is InChI=1S/C15H26BrNS/c1-3-4-5-6-7-8-9-10-14(17-2)15-11-13(16)12-18-15/h11-12,14,17H,3-10H2,1-2H3. The minimum Gasteiger partial charge on any atom is -0.312 e. The maximum Gasteiger partial charge on any atom is 0.0412 e. The van der Waals surface area contributed by atoms with E-state index < -0.39 is 0 Å². The molecule has 3 heteroatoms. The molecule has 0 aliphatic carbocycles. The van der Waals surface area contributed by atoms with Gasteiger partial charge in [-0.2, -0.15) is 0 Å². The number of rotatable bonds is 10. The van der Waals surface area contributed by atoms with E-state index in [4.69, 9.17) is 0 Å². The number of hydrogen-bond donors (Lipinski definition) is 1. The number of hydrogen-bond acceptors (Lipinski definition) is 2. The van der Waals surface area contributed by atoms with E-state index in [0.717, 1.165) is 0 Å². The Morgan fingerprint density at radius 1 is 1.17 bits per heavy atom. The van der Waals surface area contributed by atoms with E-state index in [1.54, 1.807) is 0 Å². The first-order valence-electron chi connectivity index (χ1n) is 7.19. The highest BCUT2D eigenvalue weighted by atomic mass is 79.9. The molecule has 1 N–H and O–H groups in total. The summed E-state index contributed by atoms with van der Waals surface area (Å²) in [5.41, 5.74) is 0. The SMILES string of the molecule is CCCCCCCCCC(NC)c1cc(Br)cs1. The van der Waals surface area contributed by atoms with Crippen LogP contribution in [0.3, 0.4) is 0 Å². The molecule has 0 aliphatic rings. The number of halogens is 1. The molecule has 0 aliphatic heterocycles. The van der Waals surface area contributed by atoms with Gasteiger partial charge in [0.25, 0.3) is 0 Å². The Balaban J connectivity index is 2.13. The predicted octanol–water partition coefficient (Wildman–Crippen LogP) is 5.91. The smallest absolute Gasteiger partial charge is 0.0412 e. The van der Waals surface area contributed by atoms with E-state index in [-0.39, 0.29) is 0 Å². The zero-order chi connectivity index (χ0) is 13.2. The second kappa shape index (κ2) is 9.99. The Morgan fingerprint density at radius 3 is 2.39 bits per heavy atom. The largest absolute Gasteiger partial charge is 0.312 e. The zero-order valence-corrected chi connectivity index (χ0v) is 14.1. The van der Waals surface area contributed by atoms with Gasteiger partial charge < -0.3 is 5.32 Å². The van der Waals surface area contributed by atoms with Crippen molar-refractivity contribution in [2.45, 2.75) is 64.3 Å². The van der Waals surface area contributed by atoms with Crippen molar-refractivity contribution in [3.05, 3.63) is 20.8 Å². The van der Waals surface area contributed by atoms with Crippen molar-refractivity contribution in [3.63, 3.8) is 0 Å². The molecule has 1 aromatic rings. The van der Waals surface area contributed by atoms with E-state index in [0.29, 0.717) is 6.04 Å². The summed E-state index contributed by atoms with van der Waals surface area (Å²) in [4.78, 5) is 1.45. The number of nitrogens with one attached hydrogen (secondary N) is 1. The van der Waals surface area contributed by atoms with Crippen LogP contribution in [-0.2, 0) is 0 Å². The quantitative estimate of drug-likeness (QED) is 0.525. The lowest BCUT2D eigenvalue weighted by atomic mass is 10.0. The van der Waals surface area contributed by atoms with Gasteiger partial charge in [-0.25, -0.2) is 0 Å². The minimum absolute atomic E-state index is 0.539. The topological polar surface area (TPSA) is 12.0 Å². The average Bonchev–Trinajstić information content (AvgIpc) is 2.79. The van der Waals surface area contributed by atoms with Gasteiger partial charge in [-0.05, 0) is 35.5 Å². The van der Waals surface area contributed by atoms with Crippen LogP contribution in [0.1, 0.15) is 69.2 Å². The van der Waals surface area contributed by atoms with E-state index in [9.17, 15) is 0 Å². The van der Waals surface area contributed by atoms with E-state index in [2.05, 4.69) is 46.7 Å². The maximum atomic E-state index is 3.53. The third-order valence-electron chi connectivity index (χ3n) is 3.38. The van der Waals surface area contributed by atoms with E-state index in [1.165, 1.54) is 60.7 Å². The first kappa shape index (κ1) is 16.2. The Morgan fingerprint density at radius 2 is 1.83 bits per heavy atom. The van der Waals surface area contributed by atoms with Crippen molar-refractivity contribution in [2.24, 2.45) is 0 Å². The molecule has 1 atom stereocenters. The zero-order valence-electron chi connectivity index (χ0n) is 11.7. The summed E-state index contributed by atoms with van der Waals surface area (Å²) in [5.74, 6) is 0. The summed E-state index contributed by atoms with van der Waals surface area (Å²) in [6.07, 6.45) is 11.0. The van der Waals surface area contributed by atoms with Gasteiger partial charge in [0.2, 0.25) is 0 Å². The molecule has 0 saturated heterocycles. The van der Waals surface area contributed by atoms with Crippen LogP contribution in [0.4, 0.5) is 0 Å². The Kier molecular flexibility index (Phi) is 8.99. The lowest BCUT2D eigenvalue weighted by molar-refractivity contribution is 0.501. The first-order valence-corrected chi connectivity index (χ1v) is 8.86. The van der Waals surface area contributed by atoms with Crippen molar-refractivity contribution in [1.29, 1.82) is 0 Å². The highest BCUT2D eigenvalue weighted by molar-refractivity contribution is 9.10. The van der Waals surface area contributed by atoms with Gasteiger partial charge in [0, 0.05) is 20.8 Å². The van der Waals surface area contributed by atoms with Crippen LogP contribution < -0.4 is 5.32 Å². The van der Waals surface area contributed by atoms with Crippen LogP contribution in [0.5, 0.6) is 0 Å². The monoisotopic (exact) mass is 331 g/mol. The molecule has 0 aromatic carbocycles. The van der Waals surface area contributed by atoms with E-state index >= 15 is 0 Å². The maximum absolute atomic E-state index is 3.53. The predicted molar refractivity (Wildman–Crippen MR) is 86.4 cm³/mol. The summed E-state index contributed by atoms with van der Waals surface area (Å²) in [7, 11) is 2.07. The van der Waals surface area contributed by atoms with Crippen LogP contribution in [0.25, 0.3) is 0 Å². The van der Waals surface area contributed by atoms with Crippen molar-refractivity contribution in [3.8, 4) is 0 Å². The van der Waals surface area contributed by atoms with Crippen LogP contribution in [0.15, 0.2) is 15.9 Å². The highest BCUT2D eigenvalue weighted by Crippen LogP contribution is 2.28. The lowest BCUT2D eigenvalue weighted by Gasteiger charge is -2.14. The molecule has 0 spiro atoms. The van der Waals surface area contributed by atoms with Gasteiger partial charge in [0.1, 0.15) is 0 Å². The molecule has 18 heavy (non-hydrogen) atoms. The molecule has 0 bridgehead atoms. The molecule has 0 fully saturated rings. The van der Waals surface area contributed by atoms with E-state index in [1.807, 2.05) is 11.3 Å². The highest BCUT2D eigenvalue weighted by Gasteiger charge is 2.10. The molecule has 1 unspecified atom stereocenters. The van der Waals surface area contributed by atoms with Crippen LogP contribution in [0.2, 0.25) is 0 Å². The fourth-order valence-corrected chi connectivity index (χ4v) is 3.84. The fraction of sp³-hybridized carbons (Fsp3) is 0.733. The van der Waals surface area contributed by atoms with Crippen molar-refractivity contribution in [2.75, 3.05) is 7.05 Å². The third kappa shape index (κ3) is 6.35.